The number of piperidine rings is 1. The second-order valence-electron chi connectivity index (χ2n) is 6.84. The van der Waals surface area contributed by atoms with Crippen LogP contribution in [0.15, 0.2) is 42.6 Å². The molecule has 0 bridgehead atoms. The van der Waals surface area contributed by atoms with E-state index in [2.05, 4.69) is 20.9 Å². The monoisotopic (exact) mass is 436 g/mol. The number of para-hydroxylation sites is 1. The summed E-state index contributed by atoms with van der Waals surface area (Å²) < 4.78 is 23.6. The van der Waals surface area contributed by atoms with Crippen LogP contribution in [0.5, 0.6) is 0 Å². The highest BCUT2D eigenvalue weighted by atomic mass is 35.5. The Morgan fingerprint density at radius 3 is 2.62 bits per heavy atom. The summed E-state index contributed by atoms with van der Waals surface area (Å²) in [5.41, 5.74) is 0.615. The molecule has 29 heavy (non-hydrogen) atoms. The lowest BCUT2D eigenvalue weighted by Crippen LogP contribution is -2.45. The van der Waals surface area contributed by atoms with Crippen LogP contribution in [0.2, 0.25) is 5.02 Å². The van der Waals surface area contributed by atoms with E-state index in [9.17, 15) is 18.0 Å². The molecular formula is C19H21ClN4O4S. The Morgan fingerprint density at radius 1 is 1.17 bits per heavy atom. The van der Waals surface area contributed by atoms with Gasteiger partial charge in [0.05, 0.1) is 16.3 Å². The van der Waals surface area contributed by atoms with Crippen molar-refractivity contribution in [1.29, 1.82) is 0 Å². The first kappa shape index (κ1) is 21.2. The SMILES string of the molecule is CS(=O)(=O)C1CC(C(=O)Nc2ccccc2C(=O)Nc2ccc(Cl)cn2)CCN1. The summed E-state index contributed by atoms with van der Waals surface area (Å²) >= 11 is 5.80. The fourth-order valence-electron chi connectivity index (χ4n) is 3.10. The van der Waals surface area contributed by atoms with Gasteiger partial charge in [-0.2, -0.15) is 0 Å². The molecule has 0 spiro atoms. The summed E-state index contributed by atoms with van der Waals surface area (Å²) in [4.78, 5) is 29.4. The number of carbonyl (C=O) groups excluding carboxylic acids is 2. The molecule has 2 heterocycles. The number of nitrogens with one attached hydrogen (secondary N) is 3. The Balaban J connectivity index is 1.72. The lowest BCUT2D eigenvalue weighted by Gasteiger charge is -2.28. The van der Waals surface area contributed by atoms with E-state index in [1.54, 1.807) is 36.4 Å². The molecule has 1 aromatic heterocycles. The smallest absolute Gasteiger partial charge is 0.258 e. The number of halogens is 1. The molecule has 0 saturated carbocycles. The third kappa shape index (κ3) is 5.53. The van der Waals surface area contributed by atoms with Gasteiger partial charge in [0.2, 0.25) is 5.91 Å². The largest absolute Gasteiger partial charge is 0.325 e. The second-order valence-corrected chi connectivity index (χ2v) is 9.51. The molecule has 3 rings (SSSR count). The van der Waals surface area contributed by atoms with Gasteiger partial charge >= 0.3 is 0 Å². The fourth-order valence-corrected chi connectivity index (χ4v) is 4.22. The zero-order valence-corrected chi connectivity index (χ0v) is 17.3. The van der Waals surface area contributed by atoms with Crippen LogP contribution in [0, 0.1) is 5.92 Å². The third-order valence-corrected chi connectivity index (χ3v) is 6.27. The molecule has 0 radical (unpaired) electrons. The van der Waals surface area contributed by atoms with E-state index in [1.807, 2.05) is 0 Å². The van der Waals surface area contributed by atoms with Crippen molar-refractivity contribution in [1.82, 2.24) is 10.3 Å². The predicted octanol–water partition coefficient (Wildman–Crippen LogP) is 2.30. The maximum absolute atomic E-state index is 12.7. The van der Waals surface area contributed by atoms with Gasteiger partial charge in [0.1, 0.15) is 11.2 Å². The molecule has 1 aromatic carbocycles. The Labute approximate surface area is 174 Å². The quantitative estimate of drug-likeness (QED) is 0.662. The van der Waals surface area contributed by atoms with Crippen molar-refractivity contribution < 1.29 is 18.0 Å². The van der Waals surface area contributed by atoms with Crippen molar-refractivity contribution in [2.24, 2.45) is 5.92 Å². The van der Waals surface area contributed by atoms with Crippen LogP contribution in [0.1, 0.15) is 23.2 Å². The van der Waals surface area contributed by atoms with E-state index in [1.165, 1.54) is 6.20 Å². The zero-order valence-electron chi connectivity index (χ0n) is 15.7. The van der Waals surface area contributed by atoms with Crippen LogP contribution >= 0.6 is 11.6 Å². The van der Waals surface area contributed by atoms with E-state index in [-0.39, 0.29) is 17.9 Å². The number of amides is 2. The lowest BCUT2D eigenvalue weighted by molar-refractivity contribution is -0.120. The first-order chi connectivity index (χ1) is 13.7. The van der Waals surface area contributed by atoms with Gasteiger partial charge < -0.3 is 16.0 Å². The molecule has 8 nitrogen and oxygen atoms in total. The van der Waals surface area contributed by atoms with Gasteiger partial charge in [-0.15, -0.1) is 0 Å². The molecule has 2 aromatic rings. The van der Waals surface area contributed by atoms with Crippen molar-refractivity contribution in [3.63, 3.8) is 0 Å². The first-order valence-corrected chi connectivity index (χ1v) is 11.3. The molecule has 1 aliphatic heterocycles. The van der Waals surface area contributed by atoms with Crippen LogP contribution < -0.4 is 16.0 Å². The first-order valence-electron chi connectivity index (χ1n) is 8.99. The van der Waals surface area contributed by atoms with Crippen molar-refractivity contribution in [3.8, 4) is 0 Å². The van der Waals surface area contributed by atoms with Crippen molar-refractivity contribution in [2.45, 2.75) is 18.2 Å². The average Bonchev–Trinajstić information content (AvgIpc) is 2.69. The van der Waals surface area contributed by atoms with E-state index in [0.717, 1.165) is 6.26 Å². The maximum atomic E-state index is 12.7. The third-order valence-electron chi connectivity index (χ3n) is 4.65. The Kier molecular flexibility index (Phi) is 6.51. The molecule has 10 heteroatoms. The second kappa shape index (κ2) is 8.89. The minimum atomic E-state index is -3.30. The molecule has 2 amide bonds. The van der Waals surface area contributed by atoms with Crippen LogP contribution in [0.3, 0.4) is 0 Å². The number of hydrogen-bond acceptors (Lipinski definition) is 6. The predicted molar refractivity (Wildman–Crippen MR) is 112 cm³/mol. The average molecular weight is 437 g/mol. The minimum Gasteiger partial charge on any atom is -0.325 e. The van der Waals surface area contributed by atoms with Gasteiger partial charge in [0.25, 0.3) is 5.91 Å². The summed E-state index contributed by atoms with van der Waals surface area (Å²) in [6.45, 7) is 0.431. The molecule has 1 aliphatic rings. The Hall–Kier alpha value is -2.49. The number of aromatic nitrogens is 1. The maximum Gasteiger partial charge on any atom is 0.258 e. The molecule has 1 fully saturated rings. The van der Waals surface area contributed by atoms with Crippen LogP contribution in [-0.4, -0.2) is 43.4 Å². The van der Waals surface area contributed by atoms with Gasteiger partial charge in [0, 0.05) is 18.4 Å². The van der Waals surface area contributed by atoms with Gasteiger partial charge in [-0.3, -0.25) is 9.59 Å². The van der Waals surface area contributed by atoms with Gasteiger partial charge in [0.15, 0.2) is 9.84 Å². The van der Waals surface area contributed by atoms with Crippen LogP contribution in [-0.2, 0) is 14.6 Å². The van der Waals surface area contributed by atoms with E-state index < -0.39 is 27.0 Å². The van der Waals surface area contributed by atoms with Crippen molar-refractivity contribution in [3.05, 3.63) is 53.2 Å². The number of anilines is 2. The highest BCUT2D eigenvalue weighted by Gasteiger charge is 2.32. The summed E-state index contributed by atoms with van der Waals surface area (Å²) in [6.07, 6.45) is 3.27. The molecule has 3 N–H and O–H groups in total. The number of benzene rings is 1. The molecule has 154 valence electrons. The van der Waals surface area contributed by atoms with Crippen molar-refractivity contribution >= 4 is 44.8 Å². The number of rotatable bonds is 5. The Bertz CT molecular complexity index is 1010. The molecule has 0 aliphatic carbocycles. The van der Waals surface area contributed by atoms with Gasteiger partial charge in [-0.05, 0) is 43.7 Å². The van der Waals surface area contributed by atoms with E-state index in [4.69, 9.17) is 11.6 Å². The van der Waals surface area contributed by atoms with E-state index in [0.29, 0.717) is 29.5 Å². The minimum absolute atomic E-state index is 0.188. The zero-order chi connectivity index (χ0) is 21.0. The highest BCUT2D eigenvalue weighted by molar-refractivity contribution is 7.91. The summed E-state index contributed by atoms with van der Waals surface area (Å²) in [6, 6.07) is 9.77. The molecular weight excluding hydrogens is 416 g/mol. The standard InChI is InChI=1S/C19H21ClN4O4S/c1-29(27,28)17-10-12(8-9-21-17)18(25)23-15-5-3-2-4-14(15)19(26)24-16-7-6-13(20)11-22-16/h2-7,11-12,17,21H,8-10H2,1H3,(H,23,25)(H,22,24,26). The highest BCUT2D eigenvalue weighted by Crippen LogP contribution is 2.23. The molecule has 1 saturated heterocycles. The Morgan fingerprint density at radius 2 is 1.93 bits per heavy atom. The number of pyridine rings is 1. The summed E-state index contributed by atoms with van der Waals surface area (Å²) in [7, 11) is -3.30. The normalized spacial score (nSPS) is 19.4. The summed E-state index contributed by atoms with van der Waals surface area (Å²) in [5, 5.41) is 8.04. The molecule has 2 atom stereocenters. The van der Waals surface area contributed by atoms with Crippen molar-refractivity contribution in [2.75, 3.05) is 23.4 Å². The van der Waals surface area contributed by atoms with Gasteiger partial charge in [-0.1, -0.05) is 23.7 Å². The number of sulfone groups is 1. The summed E-state index contributed by atoms with van der Waals surface area (Å²) in [5.74, 6) is -0.889. The van der Waals surface area contributed by atoms with Crippen LogP contribution in [0.25, 0.3) is 0 Å². The molecule has 2 unspecified atom stereocenters. The number of nitrogens with zero attached hydrogens (tertiary/aromatic N) is 1. The van der Waals surface area contributed by atoms with E-state index >= 15 is 0 Å². The van der Waals surface area contributed by atoms with Gasteiger partial charge in [-0.25, -0.2) is 13.4 Å². The topological polar surface area (TPSA) is 117 Å². The fraction of sp³-hybridized carbons (Fsp3) is 0.316. The number of hydrogen-bond donors (Lipinski definition) is 3. The number of carbonyl (C=O) groups is 2. The lowest BCUT2D eigenvalue weighted by atomic mass is 9.96. The van der Waals surface area contributed by atoms with Crippen LogP contribution in [0.4, 0.5) is 11.5 Å².